The van der Waals surface area contributed by atoms with Crippen molar-refractivity contribution in [2.75, 3.05) is 41.0 Å². The lowest BCUT2D eigenvalue weighted by Crippen LogP contribution is -2.48. The fourth-order valence-corrected chi connectivity index (χ4v) is 4.15. The largest absolute Gasteiger partial charge is 0.496 e. The van der Waals surface area contributed by atoms with E-state index in [2.05, 4.69) is 77.3 Å². The first-order valence-corrected chi connectivity index (χ1v) is 10.2. The number of guanidine groups is 1. The maximum absolute atomic E-state index is 5.73. The summed E-state index contributed by atoms with van der Waals surface area (Å²) in [5.41, 5.74) is 3.71. The van der Waals surface area contributed by atoms with Crippen molar-refractivity contribution in [3.63, 3.8) is 0 Å². The molecule has 0 aliphatic carbocycles. The van der Waals surface area contributed by atoms with Gasteiger partial charge in [-0.3, -0.25) is 4.99 Å². The number of benzene rings is 1. The van der Waals surface area contributed by atoms with Crippen LogP contribution in [0.2, 0.25) is 0 Å². The van der Waals surface area contributed by atoms with E-state index >= 15 is 0 Å². The van der Waals surface area contributed by atoms with Crippen LogP contribution in [0.3, 0.4) is 0 Å². The van der Waals surface area contributed by atoms with E-state index in [1.807, 2.05) is 7.05 Å². The minimum absolute atomic E-state index is 0.0443. The summed E-state index contributed by atoms with van der Waals surface area (Å²) < 4.78 is 13.6. The van der Waals surface area contributed by atoms with Gasteiger partial charge in [-0.2, -0.15) is 0 Å². The molecule has 1 fully saturated rings. The van der Waals surface area contributed by atoms with Gasteiger partial charge in [-0.1, -0.05) is 17.7 Å². The molecule has 29 heavy (non-hydrogen) atoms. The molecular formula is C23H34N4O2. The highest BCUT2D eigenvalue weighted by molar-refractivity contribution is 5.79. The monoisotopic (exact) mass is 398 g/mol. The molecule has 1 aliphatic heterocycles. The summed E-state index contributed by atoms with van der Waals surface area (Å²) in [4.78, 5) is 6.69. The van der Waals surface area contributed by atoms with Gasteiger partial charge in [0.25, 0.3) is 0 Å². The number of hydrogen-bond donors (Lipinski definition) is 1. The lowest BCUT2D eigenvalue weighted by atomic mass is 9.73. The Labute approximate surface area is 174 Å². The number of aromatic nitrogens is 1. The third kappa shape index (κ3) is 4.75. The van der Waals surface area contributed by atoms with Crippen molar-refractivity contribution >= 4 is 5.96 Å². The van der Waals surface area contributed by atoms with Crippen LogP contribution < -0.4 is 10.1 Å². The topological polar surface area (TPSA) is 51.0 Å². The standard InChI is InChI=1S/C23H34N4O2/c1-18-8-9-21(28-5)20(15-18)23(10-13-29-14-11-23)17-25-22(24-2)27(4)16-19-7-6-12-26(19)3/h6-9,12,15H,10-11,13-14,16-17H2,1-5H3,(H,24,25). The number of methoxy groups -OCH3 is 1. The smallest absolute Gasteiger partial charge is 0.193 e. The molecule has 1 saturated heterocycles. The van der Waals surface area contributed by atoms with Gasteiger partial charge in [0.15, 0.2) is 5.96 Å². The van der Waals surface area contributed by atoms with Crippen molar-refractivity contribution in [1.29, 1.82) is 0 Å². The zero-order valence-electron chi connectivity index (χ0n) is 18.4. The van der Waals surface area contributed by atoms with E-state index in [9.17, 15) is 0 Å². The lowest BCUT2D eigenvalue weighted by Gasteiger charge is -2.39. The lowest BCUT2D eigenvalue weighted by molar-refractivity contribution is 0.0503. The van der Waals surface area contributed by atoms with Gasteiger partial charge in [-0.05, 0) is 38.0 Å². The normalized spacial score (nSPS) is 16.5. The maximum atomic E-state index is 5.73. The Bertz CT molecular complexity index is 837. The molecule has 0 bridgehead atoms. The number of aryl methyl sites for hydroxylation is 2. The van der Waals surface area contributed by atoms with E-state index in [0.717, 1.165) is 50.9 Å². The van der Waals surface area contributed by atoms with Crippen molar-refractivity contribution in [2.45, 2.75) is 31.7 Å². The molecule has 2 heterocycles. The van der Waals surface area contributed by atoms with Crippen LogP contribution in [-0.4, -0.2) is 56.4 Å². The van der Waals surface area contributed by atoms with Gasteiger partial charge in [-0.15, -0.1) is 0 Å². The molecular weight excluding hydrogens is 364 g/mol. The molecule has 1 aliphatic rings. The summed E-state index contributed by atoms with van der Waals surface area (Å²) in [5.74, 6) is 1.84. The van der Waals surface area contributed by atoms with Gasteiger partial charge in [0.1, 0.15) is 5.75 Å². The van der Waals surface area contributed by atoms with E-state index < -0.39 is 0 Å². The number of ether oxygens (including phenoxy) is 2. The quantitative estimate of drug-likeness (QED) is 0.600. The zero-order chi connectivity index (χ0) is 20.9. The molecule has 0 unspecified atom stereocenters. The number of aliphatic imine (C=N–C) groups is 1. The van der Waals surface area contributed by atoms with E-state index in [1.54, 1.807) is 7.11 Å². The van der Waals surface area contributed by atoms with Crippen LogP contribution >= 0.6 is 0 Å². The van der Waals surface area contributed by atoms with E-state index in [4.69, 9.17) is 9.47 Å². The predicted octanol–water partition coefficient (Wildman–Crippen LogP) is 3.10. The SMILES string of the molecule is CN=C(NCC1(c2cc(C)ccc2OC)CCOCC1)N(C)Cc1cccn1C. The molecule has 0 spiro atoms. The Balaban J connectivity index is 1.80. The molecule has 0 atom stereocenters. The average molecular weight is 399 g/mol. The second-order valence-electron chi connectivity index (χ2n) is 7.96. The van der Waals surface area contributed by atoms with Crippen molar-refractivity contribution in [3.05, 3.63) is 53.3 Å². The van der Waals surface area contributed by atoms with Crippen LogP contribution in [0.25, 0.3) is 0 Å². The van der Waals surface area contributed by atoms with Gasteiger partial charge in [0.2, 0.25) is 0 Å². The van der Waals surface area contributed by atoms with Gasteiger partial charge in [-0.25, -0.2) is 0 Å². The van der Waals surface area contributed by atoms with Crippen LogP contribution in [0, 0.1) is 6.92 Å². The highest BCUT2D eigenvalue weighted by Crippen LogP contribution is 2.40. The van der Waals surface area contributed by atoms with Crippen LogP contribution in [0.1, 0.15) is 29.7 Å². The number of nitrogens with zero attached hydrogens (tertiary/aromatic N) is 3. The van der Waals surface area contributed by atoms with E-state index in [1.165, 1.54) is 16.8 Å². The first-order valence-electron chi connectivity index (χ1n) is 10.2. The molecule has 6 nitrogen and oxygen atoms in total. The minimum Gasteiger partial charge on any atom is -0.496 e. The van der Waals surface area contributed by atoms with Crippen LogP contribution in [-0.2, 0) is 23.7 Å². The Kier molecular flexibility index (Phi) is 6.85. The summed E-state index contributed by atoms with van der Waals surface area (Å²) in [7, 11) is 7.74. The third-order valence-electron chi connectivity index (χ3n) is 5.98. The zero-order valence-corrected chi connectivity index (χ0v) is 18.4. The first kappa shape index (κ1) is 21.2. The second-order valence-corrected chi connectivity index (χ2v) is 7.96. The van der Waals surface area contributed by atoms with Crippen LogP contribution in [0.15, 0.2) is 41.5 Å². The summed E-state index contributed by atoms with van der Waals surface area (Å²) in [5, 5.41) is 3.64. The van der Waals surface area contributed by atoms with Crippen molar-refractivity contribution in [1.82, 2.24) is 14.8 Å². The highest BCUT2D eigenvalue weighted by atomic mass is 16.5. The molecule has 1 aromatic heterocycles. The summed E-state index contributed by atoms with van der Waals surface area (Å²) >= 11 is 0. The molecule has 2 aromatic rings. The van der Waals surface area contributed by atoms with Crippen LogP contribution in [0.5, 0.6) is 5.75 Å². The fourth-order valence-electron chi connectivity index (χ4n) is 4.15. The van der Waals surface area contributed by atoms with E-state index in [-0.39, 0.29) is 5.41 Å². The first-order chi connectivity index (χ1) is 14.0. The predicted molar refractivity (Wildman–Crippen MR) is 118 cm³/mol. The second kappa shape index (κ2) is 9.35. The van der Waals surface area contributed by atoms with Crippen molar-refractivity contribution < 1.29 is 9.47 Å². The molecule has 6 heteroatoms. The number of hydrogen-bond acceptors (Lipinski definition) is 3. The Morgan fingerprint density at radius 3 is 2.69 bits per heavy atom. The van der Waals surface area contributed by atoms with Gasteiger partial charge >= 0.3 is 0 Å². The summed E-state index contributed by atoms with van der Waals surface area (Å²) in [6.07, 6.45) is 3.98. The molecule has 3 rings (SSSR count). The Hall–Kier alpha value is -2.47. The maximum Gasteiger partial charge on any atom is 0.193 e. The van der Waals surface area contributed by atoms with Gasteiger partial charge in [0.05, 0.1) is 13.7 Å². The molecule has 0 amide bonds. The average Bonchev–Trinajstić information content (AvgIpc) is 3.13. The molecule has 158 valence electrons. The van der Waals surface area contributed by atoms with Crippen molar-refractivity contribution in [2.24, 2.45) is 12.0 Å². The van der Waals surface area contributed by atoms with E-state index in [0.29, 0.717) is 0 Å². The van der Waals surface area contributed by atoms with Gasteiger partial charge < -0.3 is 24.3 Å². The molecule has 1 N–H and O–H groups in total. The van der Waals surface area contributed by atoms with Crippen molar-refractivity contribution in [3.8, 4) is 5.75 Å². The van der Waals surface area contributed by atoms with Crippen LogP contribution in [0.4, 0.5) is 0 Å². The highest BCUT2D eigenvalue weighted by Gasteiger charge is 2.37. The van der Waals surface area contributed by atoms with Gasteiger partial charge in [0, 0.05) is 63.8 Å². The summed E-state index contributed by atoms with van der Waals surface area (Å²) in [6, 6.07) is 10.7. The number of rotatable bonds is 6. The Morgan fingerprint density at radius 2 is 2.07 bits per heavy atom. The molecule has 0 saturated carbocycles. The molecule has 0 radical (unpaired) electrons. The minimum atomic E-state index is -0.0443. The third-order valence-corrected chi connectivity index (χ3v) is 5.98. The Morgan fingerprint density at radius 1 is 1.31 bits per heavy atom. The summed E-state index contributed by atoms with van der Waals surface area (Å²) in [6.45, 7) is 5.25. The molecule has 1 aromatic carbocycles. The fraction of sp³-hybridized carbons (Fsp3) is 0.522. The number of nitrogens with one attached hydrogen (secondary N) is 1.